The smallest absolute Gasteiger partial charge is 0.244 e. The third-order valence-corrected chi connectivity index (χ3v) is 3.75. The Balaban J connectivity index is 2.13. The fraction of sp³-hybridized carbons (Fsp3) is 0.294. The first-order chi connectivity index (χ1) is 11.0. The van der Waals surface area contributed by atoms with Gasteiger partial charge >= 0.3 is 0 Å². The minimum absolute atomic E-state index is 0.103. The number of rotatable bonds is 6. The van der Waals surface area contributed by atoms with E-state index in [-0.39, 0.29) is 18.6 Å². The van der Waals surface area contributed by atoms with Gasteiger partial charge in [-0.05, 0) is 25.5 Å². The highest BCUT2D eigenvalue weighted by atomic mass is 35.5. The largest absolute Gasteiger partial charge is 0.394 e. The van der Waals surface area contributed by atoms with E-state index in [2.05, 4.69) is 10.4 Å². The Kier molecular flexibility index (Phi) is 5.96. The SMILES string of the molecule is Cc1nn(Cc2ccccc2)c(Cl)c1/C=C/C(=O)NC(C)CO. The molecule has 0 fully saturated rings. The number of aliphatic hydroxyl groups excluding tert-OH is 1. The number of halogens is 1. The van der Waals surface area contributed by atoms with Crippen molar-refractivity contribution in [2.24, 2.45) is 0 Å². The molecule has 0 bridgehead atoms. The lowest BCUT2D eigenvalue weighted by Gasteiger charge is -2.07. The molecule has 6 heteroatoms. The highest BCUT2D eigenvalue weighted by Gasteiger charge is 2.12. The summed E-state index contributed by atoms with van der Waals surface area (Å²) >= 11 is 6.37. The van der Waals surface area contributed by atoms with Crippen molar-refractivity contribution >= 4 is 23.6 Å². The second-order valence-corrected chi connectivity index (χ2v) is 5.72. The summed E-state index contributed by atoms with van der Waals surface area (Å²) in [6.07, 6.45) is 3.04. The summed E-state index contributed by atoms with van der Waals surface area (Å²) in [5.74, 6) is -0.280. The summed E-state index contributed by atoms with van der Waals surface area (Å²) < 4.78 is 1.71. The maximum Gasteiger partial charge on any atom is 0.244 e. The number of nitrogens with one attached hydrogen (secondary N) is 1. The van der Waals surface area contributed by atoms with Crippen molar-refractivity contribution < 1.29 is 9.90 Å². The van der Waals surface area contributed by atoms with Gasteiger partial charge in [0.25, 0.3) is 0 Å². The average Bonchev–Trinajstić information content (AvgIpc) is 2.80. The van der Waals surface area contributed by atoms with Gasteiger partial charge in [-0.3, -0.25) is 4.79 Å². The Morgan fingerprint density at radius 1 is 1.43 bits per heavy atom. The van der Waals surface area contributed by atoms with Gasteiger partial charge in [0, 0.05) is 17.7 Å². The molecule has 2 N–H and O–H groups in total. The summed E-state index contributed by atoms with van der Waals surface area (Å²) in [6.45, 7) is 4.04. The van der Waals surface area contributed by atoms with Crippen LogP contribution in [0.5, 0.6) is 0 Å². The highest BCUT2D eigenvalue weighted by molar-refractivity contribution is 6.31. The number of amides is 1. The fourth-order valence-electron chi connectivity index (χ4n) is 2.11. The fourth-order valence-corrected chi connectivity index (χ4v) is 2.41. The highest BCUT2D eigenvalue weighted by Crippen LogP contribution is 2.22. The number of nitrogens with zero attached hydrogens (tertiary/aromatic N) is 2. The Labute approximate surface area is 140 Å². The van der Waals surface area contributed by atoms with Crippen LogP contribution in [0.3, 0.4) is 0 Å². The lowest BCUT2D eigenvalue weighted by Crippen LogP contribution is -2.33. The van der Waals surface area contributed by atoms with Gasteiger partial charge in [0.2, 0.25) is 5.91 Å². The van der Waals surface area contributed by atoms with Crippen molar-refractivity contribution in [1.29, 1.82) is 0 Å². The summed E-state index contributed by atoms with van der Waals surface area (Å²) in [5.41, 5.74) is 2.57. The normalized spacial score (nSPS) is 12.5. The maximum absolute atomic E-state index is 11.7. The van der Waals surface area contributed by atoms with Crippen molar-refractivity contribution in [3.63, 3.8) is 0 Å². The lowest BCUT2D eigenvalue weighted by molar-refractivity contribution is -0.117. The van der Waals surface area contributed by atoms with Gasteiger partial charge in [-0.2, -0.15) is 5.10 Å². The number of benzene rings is 1. The minimum Gasteiger partial charge on any atom is -0.394 e. The number of aryl methyl sites for hydroxylation is 1. The predicted molar refractivity (Wildman–Crippen MR) is 91.2 cm³/mol. The van der Waals surface area contributed by atoms with E-state index in [1.807, 2.05) is 37.3 Å². The Morgan fingerprint density at radius 2 is 2.13 bits per heavy atom. The quantitative estimate of drug-likeness (QED) is 0.798. The summed E-state index contributed by atoms with van der Waals surface area (Å²) in [5, 5.41) is 16.5. The molecule has 1 aromatic heterocycles. The third-order valence-electron chi connectivity index (χ3n) is 3.35. The van der Waals surface area contributed by atoms with Crippen LogP contribution < -0.4 is 5.32 Å². The number of aliphatic hydroxyl groups is 1. The molecule has 0 aliphatic carbocycles. The van der Waals surface area contributed by atoms with Crippen molar-refractivity contribution in [3.8, 4) is 0 Å². The van der Waals surface area contributed by atoms with Gasteiger partial charge in [0.1, 0.15) is 5.15 Å². The monoisotopic (exact) mass is 333 g/mol. The summed E-state index contributed by atoms with van der Waals surface area (Å²) in [7, 11) is 0. The molecule has 0 spiro atoms. The van der Waals surface area contributed by atoms with E-state index in [0.717, 1.165) is 16.8 Å². The second kappa shape index (κ2) is 7.94. The molecule has 0 saturated heterocycles. The zero-order chi connectivity index (χ0) is 16.8. The van der Waals surface area contributed by atoms with Crippen molar-refractivity contribution in [3.05, 3.63) is 58.4 Å². The van der Waals surface area contributed by atoms with Gasteiger partial charge in [-0.25, -0.2) is 4.68 Å². The van der Waals surface area contributed by atoms with E-state index in [9.17, 15) is 4.79 Å². The first kappa shape index (κ1) is 17.2. The van der Waals surface area contributed by atoms with Crippen LogP contribution in [-0.4, -0.2) is 33.4 Å². The first-order valence-electron chi connectivity index (χ1n) is 7.37. The first-order valence-corrected chi connectivity index (χ1v) is 7.75. The van der Waals surface area contributed by atoms with Crippen LogP contribution in [0.2, 0.25) is 5.15 Å². The van der Waals surface area contributed by atoms with Gasteiger partial charge in [0.15, 0.2) is 0 Å². The molecular formula is C17H20ClN3O2. The van der Waals surface area contributed by atoms with E-state index in [1.54, 1.807) is 17.7 Å². The number of hydrogen-bond acceptors (Lipinski definition) is 3. The molecule has 0 saturated carbocycles. The minimum atomic E-state index is -0.287. The van der Waals surface area contributed by atoms with E-state index < -0.39 is 0 Å². The molecule has 5 nitrogen and oxygen atoms in total. The van der Waals surface area contributed by atoms with Gasteiger partial charge in [-0.1, -0.05) is 41.9 Å². The standard InChI is InChI=1S/C17H20ClN3O2/c1-12(11-22)19-16(23)9-8-15-13(2)20-21(17(15)18)10-14-6-4-3-5-7-14/h3-9,12,22H,10-11H2,1-2H3,(H,19,23)/b9-8+. The molecular weight excluding hydrogens is 314 g/mol. The topological polar surface area (TPSA) is 67.2 Å². The van der Waals surface area contributed by atoms with Crippen LogP contribution in [0.25, 0.3) is 6.08 Å². The van der Waals surface area contributed by atoms with Crippen LogP contribution in [0.1, 0.15) is 23.7 Å². The Morgan fingerprint density at radius 3 is 2.78 bits per heavy atom. The second-order valence-electron chi connectivity index (χ2n) is 5.36. The molecule has 23 heavy (non-hydrogen) atoms. The van der Waals surface area contributed by atoms with E-state index in [1.165, 1.54) is 6.08 Å². The molecule has 0 aliphatic rings. The zero-order valence-corrected chi connectivity index (χ0v) is 13.9. The molecule has 1 aromatic carbocycles. The van der Waals surface area contributed by atoms with Crippen LogP contribution in [-0.2, 0) is 11.3 Å². The number of carbonyl (C=O) groups is 1. The third kappa shape index (κ3) is 4.68. The van der Waals surface area contributed by atoms with Gasteiger partial charge in [-0.15, -0.1) is 0 Å². The number of aromatic nitrogens is 2. The van der Waals surface area contributed by atoms with E-state index in [0.29, 0.717) is 11.7 Å². The molecule has 1 amide bonds. The molecule has 1 atom stereocenters. The van der Waals surface area contributed by atoms with Crippen molar-refractivity contribution in [2.45, 2.75) is 26.4 Å². The maximum atomic E-state index is 11.7. The van der Waals surface area contributed by atoms with Crippen LogP contribution in [0.4, 0.5) is 0 Å². The molecule has 0 radical (unpaired) electrons. The average molecular weight is 334 g/mol. The lowest BCUT2D eigenvalue weighted by atomic mass is 10.2. The molecule has 122 valence electrons. The predicted octanol–water partition coefficient (Wildman–Crippen LogP) is 2.40. The van der Waals surface area contributed by atoms with Crippen molar-refractivity contribution in [2.75, 3.05) is 6.61 Å². The summed E-state index contributed by atoms with van der Waals surface area (Å²) in [6, 6.07) is 9.61. The molecule has 2 aromatic rings. The number of hydrogen-bond donors (Lipinski definition) is 2. The van der Waals surface area contributed by atoms with Crippen LogP contribution >= 0.6 is 11.6 Å². The molecule has 2 rings (SSSR count). The van der Waals surface area contributed by atoms with E-state index in [4.69, 9.17) is 16.7 Å². The van der Waals surface area contributed by atoms with Gasteiger partial charge in [0.05, 0.1) is 18.8 Å². The summed E-state index contributed by atoms with van der Waals surface area (Å²) in [4.78, 5) is 11.7. The molecule has 1 heterocycles. The molecule has 1 unspecified atom stereocenters. The zero-order valence-electron chi connectivity index (χ0n) is 13.2. The van der Waals surface area contributed by atoms with Crippen LogP contribution in [0, 0.1) is 6.92 Å². The van der Waals surface area contributed by atoms with E-state index >= 15 is 0 Å². The molecule has 0 aliphatic heterocycles. The Bertz CT molecular complexity index is 695. The number of carbonyl (C=O) groups excluding carboxylic acids is 1. The van der Waals surface area contributed by atoms with Crippen LogP contribution in [0.15, 0.2) is 36.4 Å². The van der Waals surface area contributed by atoms with Crippen molar-refractivity contribution in [1.82, 2.24) is 15.1 Å². The Hall–Kier alpha value is -2.11. The van der Waals surface area contributed by atoms with Gasteiger partial charge < -0.3 is 10.4 Å².